The van der Waals surface area contributed by atoms with Gasteiger partial charge in [0.2, 0.25) is 6.79 Å². The van der Waals surface area contributed by atoms with Crippen LogP contribution in [0.15, 0.2) is 23.1 Å². The van der Waals surface area contributed by atoms with Crippen LogP contribution in [0, 0.1) is 5.92 Å². The Morgan fingerprint density at radius 2 is 2.00 bits per heavy atom. The average Bonchev–Trinajstić information content (AvgIpc) is 2.73. The first-order valence-electron chi connectivity index (χ1n) is 5.28. The number of hydrogen-bond acceptors (Lipinski definition) is 5. The number of rotatable bonds is 4. The Morgan fingerprint density at radius 3 is 2.71 bits per heavy atom. The zero-order valence-corrected chi connectivity index (χ0v) is 10.5. The predicted molar refractivity (Wildman–Crippen MR) is 60.5 cm³/mol. The Bertz CT molecular complexity index is 507. The molecule has 0 spiro atoms. The zero-order valence-electron chi connectivity index (χ0n) is 9.67. The van der Waals surface area contributed by atoms with Crippen molar-refractivity contribution >= 4 is 10.1 Å². The molecule has 0 fully saturated rings. The lowest BCUT2D eigenvalue weighted by Crippen LogP contribution is -2.10. The minimum atomic E-state index is -3.71. The van der Waals surface area contributed by atoms with Crippen molar-refractivity contribution in [1.82, 2.24) is 0 Å². The molecule has 0 amide bonds. The van der Waals surface area contributed by atoms with E-state index in [0.717, 1.165) is 0 Å². The Morgan fingerprint density at radius 1 is 1.29 bits per heavy atom. The lowest BCUT2D eigenvalue weighted by Gasteiger charge is -2.08. The van der Waals surface area contributed by atoms with Crippen LogP contribution in [0.3, 0.4) is 0 Å². The van der Waals surface area contributed by atoms with Gasteiger partial charge in [0.15, 0.2) is 11.5 Å². The van der Waals surface area contributed by atoms with Crippen molar-refractivity contribution in [2.45, 2.75) is 18.7 Å². The quantitative estimate of drug-likeness (QED) is 0.770. The van der Waals surface area contributed by atoms with E-state index in [1.54, 1.807) is 6.07 Å². The fourth-order valence-corrected chi connectivity index (χ4v) is 2.40. The fourth-order valence-electron chi connectivity index (χ4n) is 1.33. The van der Waals surface area contributed by atoms with E-state index in [1.807, 2.05) is 13.8 Å². The molecule has 0 radical (unpaired) electrons. The molecule has 0 unspecified atom stereocenters. The van der Waals surface area contributed by atoms with E-state index in [2.05, 4.69) is 0 Å². The minimum absolute atomic E-state index is 0.0856. The van der Waals surface area contributed by atoms with Gasteiger partial charge in [0.1, 0.15) is 0 Å². The van der Waals surface area contributed by atoms with Gasteiger partial charge < -0.3 is 9.47 Å². The third-order valence-corrected chi connectivity index (χ3v) is 3.47. The molecule has 1 aromatic rings. The Hall–Kier alpha value is -1.27. The maximum atomic E-state index is 11.8. The molecule has 0 aliphatic carbocycles. The molecule has 1 aliphatic heterocycles. The van der Waals surface area contributed by atoms with Crippen LogP contribution in [-0.4, -0.2) is 21.8 Å². The Labute approximate surface area is 100 Å². The van der Waals surface area contributed by atoms with Crippen LogP contribution in [0.25, 0.3) is 0 Å². The summed E-state index contributed by atoms with van der Waals surface area (Å²) in [4.78, 5) is 0.0856. The second kappa shape index (κ2) is 4.54. The van der Waals surface area contributed by atoms with Gasteiger partial charge in [0, 0.05) is 6.07 Å². The number of hydrogen-bond donors (Lipinski definition) is 0. The smallest absolute Gasteiger partial charge is 0.297 e. The molecule has 1 aliphatic rings. The highest BCUT2D eigenvalue weighted by Crippen LogP contribution is 2.34. The Balaban J connectivity index is 2.22. The summed E-state index contributed by atoms with van der Waals surface area (Å²) < 4.78 is 38.8. The highest BCUT2D eigenvalue weighted by atomic mass is 32.2. The molecular weight excluding hydrogens is 244 g/mol. The molecule has 17 heavy (non-hydrogen) atoms. The summed E-state index contributed by atoms with van der Waals surface area (Å²) in [6.07, 6.45) is 0. The van der Waals surface area contributed by atoms with Crippen molar-refractivity contribution in [1.29, 1.82) is 0 Å². The average molecular weight is 258 g/mol. The van der Waals surface area contributed by atoms with Gasteiger partial charge in [0.05, 0.1) is 11.5 Å². The van der Waals surface area contributed by atoms with E-state index in [-0.39, 0.29) is 24.2 Å². The third kappa shape index (κ3) is 2.70. The lowest BCUT2D eigenvalue weighted by atomic mass is 10.2. The maximum absolute atomic E-state index is 11.8. The molecule has 0 saturated heterocycles. The second-order valence-electron chi connectivity index (χ2n) is 4.15. The lowest BCUT2D eigenvalue weighted by molar-refractivity contribution is 0.174. The van der Waals surface area contributed by atoms with Crippen molar-refractivity contribution in [3.05, 3.63) is 18.2 Å². The van der Waals surface area contributed by atoms with Crippen LogP contribution in [0.4, 0.5) is 0 Å². The van der Waals surface area contributed by atoms with E-state index in [4.69, 9.17) is 13.7 Å². The van der Waals surface area contributed by atoms with Gasteiger partial charge in [-0.3, -0.25) is 4.18 Å². The summed E-state index contributed by atoms with van der Waals surface area (Å²) in [5.41, 5.74) is 0. The fraction of sp³-hybridized carbons (Fsp3) is 0.455. The summed E-state index contributed by atoms with van der Waals surface area (Å²) in [6, 6.07) is 4.43. The van der Waals surface area contributed by atoms with Gasteiger partial charge in [-0.05, 0) is 18.1 Å². The zero-order chi connectivity index (χ0) is 12.5. The van der Waals surface area contributed by atoms with Crippen LogP contribution in [0.5, 0.6) is 11.5 Å². The molecule has 1 heterocycles. The topological polar surface area (TPSA) is 61.8 Å². The van der Waals surface area contributed by atoms with Crippen LogP contribution in [0.1, 0.15) is 13.8 Å². The van der Waals surface area contributed by atoms with E-state index in [0.29, 0.717) is 11.5 Å². The molecule has 2 rings (SSSR count). The number of ether oxygens (including phenoxy) is 2. The number of fused-ring (bicyclic) bond motifs is 1. The van der Waals surface area contributed by atoms with Gasteiger partial charge in [0.25, 0.3) is 10.1 Å². The van der Waals surface area contributed by atoms with Crippen LogP contribution >= 0.6 is 0 Å². The van der Waals surface area contributed by atoms with Crippen LogP contribution < -0.4 is 9.47 Å². The van der Waals surface area contributed by atoms with E-state index in [9.17, 15) is 8.42 Å². The third-order valence-electron chi connectivity index (χ3n) is 2.19. The first-order valence-corrected chi connectivity index (χ1v) is 6.69. The number of benzene rings is 1. The van der Waals surface area contributed by atoms with E-state index < -0.39 is 10.1 Å². The van der Waals surface area contributed by atoms with Crippen molar-refractivity contribution in [3.63, 3.8) is 0 Å². The van der Waals surface area contributed by atoms with Gasteiger partial charge in [-0.15, -0.1) is 0 Å². The largest absolute Gasteiger partial charge is 0.454 e. The second-order valence-corrected chi connectivity index (χ2v) is 5.76. The molecule has 0 N–H and O–H groups in total. The Kier molecular flexibility index (Phi) is 3.26. The molecule has 1 aromatic carbocycles. The maximum Gasteiger partial charge on any atom is 0.297 e. The summed E-state index contributed by atoms with van der Waals surface area (Å²) >= 11 is 0. The minimum Gasteiger partial charge on any atom is -0.454 e. The first kappa shape index (κ1) is 12.2. The predicted octanol–water partition coefficient (Wildman–Crippen LogP) is 1.78. The van der Waals surface area contributed by atoms with Gasteiger partial charge in [-0.2, -0.15) is 8.42 Å². The molecule has 6 heteroatoms. The van der Waals surface area contributed by atoms with Crippen molar-refractivity contribution < 1.29 is 22.1 Å². The van der Waals surface area contributed by atoms with Gasteiger partial charge >= 0.3 is 0 Å². The van der Waals surface area contributed by atoms with Crippen LogP contribution in [-0.2, 0) is 14.3 Å². The first-order chi connectivity index (χ1) is 7.99. The molecular formula is C11H14O5S. The van der Waals surface area contributed by atoms with Crippen molar-refractivity contribution in [3.8, 4) is 11.5 Å². The highest BCUT2D eigenvalue weighted by Gasteiger charge is 2.21. The standard InChI is InChI=1S/C11H14O5S/c1-8(2)6-16-17(12,13)9-3-4-10-11(5-9)15-7-14-10/h3-5,8H,6-7H2,1-2H3. The normalized spacial score (nSPS) is 14.3. The SMILES string of the molecule is CC(C)COS(=O)(=O)c1ccc2c(c1)OCO2. The highest BCUT2D eigenvalue weighted by molar-refractivity contribution is 7.86. The van der Waals surface area contributed by atoms with E-state index in [1.165, 1.54) is 12.1 Å². The van der Waals surface area contributed by atoms with Crippen molar-refractivity contribution in [2.75, 3.05) is 13.4 Å². The summed E-state index contributed by atoms with van der Waals surface area (Å²) in [6.45, 7) is 4.05. The molecule has 0 atom stereocenters. The summed E-state index contributed by atoms with van der Waals surface area (Å²) in [7, 11) is -3.71. The van der Waals surface area contributed by atoms with Crippen LogP contribution in [0.2, 0.25) is 0 Å². The summed E-state index contributed by atoms with van der Waals surface area (Å²) in [5, 5.41) is 0. The molecule has 5 nitrogen and oxygen atoms in total. The monoisotopic (exact) mass is 258 g/mol. The molecule has 0 aromatic heterocycles. The summed E-state index contributed by atoms with van der Waals surface area (Å²) in [5.74, 6) is 1.13. The van der Waals surface area contributed by atoms with Crippen molar-refractivity contribution in [2.24, 2.45) is 5.92 Å². The van der Waals surface area contributed by atoms with Gasteiger partial charge in [-0.25, -0.2) is 0 Å². The molecule has 94 valence electrons. The molecule has 0 saturated carbocycles. The molecule has 0 bridgehead atoms. The van der Waals surface area contributed by atoms with Gasteiger partial charge in [-0.1, -0.05) is 13.8 Å². The van der Waals surface area contributed by atoms with E-state index >= 15 is 0 Å².